The third-order valence-corrected chi connectivity index (χ3v) is 3.65. The maximum Gasteiger partial charge on any atom is 0.304 e. The van der Waals surface area contributed by atoms with Crippen molar-refractivity contribution in [2.45, 2.75) is 45.6 Å². The summed E-state index contributed by atoms with van der Waals surface area (Å²) in [6.45, 7) is 9.54. The van der Waals surface area contributed by atoms with Gasteiger partial charge in [0.2, 0.25) is 0 Å². The molecule has 100 valence electrons. The predicted octanol–water partition coefficient (Wildman–Crippen LogP) is 1.66. The standard InChI is InChI=1S/C13H26N2O2/c1-3-15(12(2)11-13(16)17)10-9-14-7-5-4-6-8-14/h12H,3-11H2,1-2H3,(H,16,17). The molecule has 1 heterocycles. The first-order valence-electron chi connectivity index (χ1n) is 6.81. The van der Waals surface area contributed by atoms with Crippen molar-refractivity contribution in [3.63, 3.8) is 0 Å². The fourth-order valence-corrected chi connectivity index (χ4v) is 2.52. The van der Waals surface area contributed by atoms with Crippen LogP contribution in [0.4, 0.5) is 0 Å². The van der Waals surface area contributed by atoms with Crippen LogP contribution in [0.25, 0.3) is 0 Å². The zero-order chi connectivity index (χ0) is 12.7. The highest BCUT2D eigenvalue weighted by atomic mass is 16.4. The Kier molecular flexibility index (Phi) is 6.52. The molecule has 0 spiro atoms. The van der Waals surface area contributed by atoms with E-state index in [9.17, 15) is 4.79 Å². The summed E-state index contributed by atoms with van der Waals surface area (Å²) in [5.74, 6) is -0.700. The van der Waals surface area contributed by atoms with Crippen LogP contribution in [0.2, 0.25) is 0 Å². The van der Waals surface area contributed by atoms with Crippen molar-refractivity contribution in [1.82, 2.24) is 9.80 Å². The van der Waals surface area contributed by atoms with Crippen LogP contribution in [0, 0.1) is 0 Å². The normalized spacial score (nSPS) is 19.5. The van der Waals surface area contributed by atoms with Gasteiger partial charge in [0, 0.05) is 19.1 Å². The minimum atomic E-state index is -0.700. The Hall–Kier alpha value is -0.610. The second kappa shape index (κ2) is 7.67. The van der Waals surface area contributed by atoms with E-state index in [4.69, 9.17) is 5.11 Å². The van der Waals surface area contributed by atoms with E-state index in [2.05, 4.69) is 16.7 Å². The van der Waals surface area contributed by atoms with Gasteiger partial charge in [0.25, 0.3) is 0 Å². The molecule has 1 saturated heterocycles. The summed E-state index contributed by atoms with van der Waals surface area (Å²) >= 11 is 0. The van der Waals surface area contributed by atoms with E-state index in [1.807, 2.05) is 6.92 Å². The van der Waals surface area contributed by atoms with Crippen molar-refractivity contribution in [3.8, 4) is 0 Å². The predicted molar refractivity (Wildman–Crippen MR) is 69.3 cm³/mol. The Morgan fingerprint density at radius 1 is 1.35 bits per heavy atom. The lowest BCUT2D eigenvalue weighted by molar-refractivity contribution is -0.138. The fourth-order valence-electron chi connectivity index (χ4n) is 2.52. The van der Waals surface area contributed by atoms with E-state index in [0.717, 1.165) is 19.6 Å². The Morgan fingerprint density at radius 3 is 2.53 bits per heavy atom. The highest BCUT2D eigenvalue weighted by Crippen LogP contribution is 2.09. The second-order valence-electron chi connectivity index (χ2n) is 4.98. The molecule has 1 aliphatic heterocycles. The summed E-state index contributed by atoms with van der Waals surface area (Å²) in [5.41, 5.74) is 0. The molecule has 17 heavy (non-hydrogen) atoms. The molecule has 0 radical (unpaired) electrons. The lowest BCUT2D eigenvalue weighted by Gasteiger charge is -2.32. The van der Waals surface area contributed by atoms with Crippen molar-refractivity contribution in [2.75, 3.05) is 32.7 Å². The van der Waals surface area contributed by atoms with Crippen LogP contribution < -0.4 is 0 Å². The number of piperidine rings is 1. The van der Waals surface area contributed by atoms with Gasteiger partial charge in [-0.05, 0) is 39.4 Å². The topological polar surface area (TPSA) is 43.8 Å². The van der Waals surface area contributed by atoms with Crippen LogP contribution in [-0.4, -0.2) is 59.6 Å². The average molecular weight is 242 g/mol. The van der Waals surface area contributed by atoms with Crippen LogP contribution in [0.3, 0.4) is 0 Å². The first-order valence-corrected chi connectivity index (χ1v) is 6.81. The van der Waals surface area contributed by atoms with Gasteiger partial charge < -0.3 is 10.0 Å². The van der Waals surface area contributed by atoms with Crippen LogP contribution >= 0.6 is 0 Å². The number of carboxylic acids is 1. The van der Waals surface area contributed by atoms with E-state index in [1.165, 1.54) is 32.4 Å². The van der Waals surface area contributed by atoms with Gasteiger partial charge in [-0.15, -0.1) is 0 Å². The third kappa shape index (κ3) is 5.50. The number of hydrogen-bond donors (Lipinski definition) is 1. The average Bonchev–Trinajstić information content (AvgIpc) is 2.30. The minimum absolute atomic E-state index is 0.141. The zero-order valence-electron chi connectivity index (χ0n) is 11.2. The van der Waals surface area contributed by atoms with E-state index < -0.39 is 5.97 Å². The molecule has 0 saturated carbocycles. The number of nitrogens with zero attached hydrogens (tertiary/aromatic N) is 2. The van der Waals surface area contributed by atoms with Gasteiger partial charge in [-0.3, -0.25) is 9.69 Å². The molecule has 1 rings (SSSR count). The fraction of sp³-hybridized carbons (Fsp3) is 0.923. The van der Waals surface area contributed by atoms with Crippen LogP contribution in [-0.2, 0) is 4.79 Å². The number of likely N-dealkylation sites (N-methyl/N-ethyl adjacent to an activating group) is 1. The van der Waals surface area contributed by atoms with Gasteiger partial charge in [0.05, 0.1) is 6.42 Å². The van der Waals surface area contributed by atoms with Gasteiger partial charge in [0.1, 0.15) is 0 Å². The van der Waals surface area contributed by atoms with Gasteiger partial charge >= 0.3 is 5.97 Å². The van der Waals surface area contributed by atoms with E-state index in [-0.39, 0.29) is 12.5 Å². The van der Waals surface area contributed by atoms with Crippen LogP contribution in [0.1, 0.15) is 39.5 Å². The lowest BCUT2D eigenvalue weighted by atomic mass is 10.1. The SMILES string of the molecule is CCN(CCN1CCCCC1)C(C)CC(=O)O. The molecule has 0 bridgehead atoms. The van der Waals surface area contributed by atoms with Gasteiger partial charge in [-0.2, -0.15) is 0 Å². The molecule has 1 unspecified atom stereocenters. The van der Waals surface area contributed by atoms with Gasteiger partial charge in [0.15, 0.2) is 0 Å². The molecule has 0 aromatic rings. The molecule has 0 aliphatic carbocycles. The summed E-state index contributed by atoms with van der Waals surface area (Å²) in [5, 5.41) is 8.81. The first-order chi connectivity index (χ1) is 8.13. The summed E-state index contributed by atoms with van der Waals surface area (Å²) < 4.78 is 0. The molecular weight excluding hydrogens is 216 g/mol. The van der Waals surface area contributed by atoms with Crippen molar-refractivity contribution >= 4 is 5.97 Å². The van der Waals surface area contributed by atoms with E-state index in [1.54, 1.807) is 0 Å². The summed E-state index contributed by atoms with van der Waals surface area (Å²) in [6.07, 6.45) is 4.24. The largest absolute Gasteiger partial charge is 0.481 e. The van der Waals surface area contributed by atoms with Gasteiger partial charge in [-0.1, -0.05) is 13.3 Å². The quantitative estimate of drug-likeness (QED) is 0.737. The molecule has 1 fully saturated rings. The molecule has 4 heteroatoms. The van der Waals surface area contributed by atoms with E-state index in [0.29, 0.717) is 0 Å². The molecule has 0 amide bonds. The zero-order valence-corrected chi connectivity index (χ0v) is 11.2. The number of rotatable bonds is 7. The van der Waals surface area contributed by atoms with Gasteiger partial charge in [-0.25, -0.2) is 0 Å². The highest BCUT2D eigenvalue weighted by Gasteiger charge is 2.17. The smallest absolute Gasteiger partial charge is 0.304 e. The van der Waals surface area contributed by atoms with Crippen LogP contribution in [0.5, 0.6) is 0 Å². The first kappa shape index (κ1) is 14.5. The number of carbonyl (C=O) groups is 1. The number of carboxylic acid groups (broad SMARTS) is 1. The Bertz CT molecular complexity index is 227. The monoisotopic (exact) mass is 242 g/mol. The molecule has 0 aromatic heterocycles. The summed E-state index contributed by atoms with van der Waals surface area (Å²) in [7, 11) is 0. The lowest BCUT2D eigenvalue weighted by Crippen LogP contribution is -2.42. The Labute approximate surface area is 105 Å². The van der Waals surface area contributed by atoms with Crippen molar-refractivity contribution in [3.05, 3.63) is 0 Å². The Balaban J connectivity index is 2.27. The highest BCUT2D eigenvalue weighted by molar-refractivity contribution is 5.67. The maximum atomic E-state index is 10.7. The molecule has 1 N–H and O–H groups in total. The molecule has 1 atom stereocenters. The second-order valence-corrected chi connectivity index (χ2v) is 4.98. The molecule has 1 aliphatic rings. The molecular formula is C13H26N2O2. The number of hydrogen-bond acceptors (Lipinski definition) is 3. The summed E-state index contributed by atoms with van der Waals surface area (Å²) in [4.78, 5) is 15.5. The number of likely N-dealkylation sites (tertiary alicyclic amines) is 1. The Morgan fingerprint density at radius 2 is 2.00 bits per heavy atom. The van der Waals surface area contributed by atoms with Crippen molar-refractivity contribution in [1.29, 1.82) is 0 Å². The minimum Gasteiger partial charge on any atom is -0.481 e. The van der Waals surface area contributed by atoms with Crippen LogP contribution in [0.15, 0.2) is 0 Å². The van der Waals surface area contributed by atoms with E-state index >= 15 is 0 Å². The molecule has 4 nitrogen and oxygen atoms in total. The van der Waals surface area contributed by atoms with Crippen molar-refractivity contribution < 1.29 is 9.90 Å². The molecule has 0 aromatic carbocycles. The van der Waals surface area contributed by atoms with Crippen molar-refractivity contribution in [2.24, 2.45) is 0 Å². The number of aliphatic carboxylic acids is 1. The maximum absolute atomic E-state index is 10.7. The third-order valence-electron chi connectivity index (χ3n) is 3.65. The summed E-state index contributed by atoms with van der Waals surface area (Å²) in [6, 6.07) is 0.141.